The second-order valence-corrected chi connectivity index (χ2v) is 5.00. The number of nitrogens with two attached hydrogens (primary N) is 1. The average Bonchev–Trinajstić information content (AvgIpc) is 2.48. The number of methoxy groups -OCH3 is 1. The van der Waals surface area contributed by atoms with Crippen LogP contribution in [-0.4, -0.2) is 12.9 Å². The molecule has 0 fully saturated rings. The number of ether oxygens (including phenoxy) is 1. The fourth-order valence-electron chi connectivity index (χ4n) is 2.14. The van der Waals surface area contributed by atoms with Crippen LogP contribution in [-0.2, 0) is 0 Å². The molecule has 2 aromatic rings. The van der Waals surface area contributed by atoms with Gasteiger partial charge in [0, 0.05) is 11.3 Å². The molecule has 108 valence electrons. The molecule has 0 saturated heterocycles. The summed E-state index contributed by atoms with van der Waals surface area (Å²) in [5.41, 5.74) is 9.84. The Bertz CT molecular complexity index is 685. The first-order valence-corrected chi connectivity index (χ1v) is 6.74. The Hall–Kier alpha value is -2.55. The van der Waals surface area contributed by atoms with Crippen molar-refractivity contribution in [2.75, 3.05) is 12.8 Å². The first-order valence-electron chi connectivity index (χ1n) is 6.74. The summed E-state index contributed by atoms with van der Waals surface area (Å²) in [6.07, 6.45) is 3.38. The molecule has 0 spiro atoms. The topological polar surface area (TPSA) is 52.3 Å². The number of benzene rings is 2. The van der Waals surface area contributed by atoms with E-state index in [9.17, 15) is 4.79 Å². The monoisotopic (exact) mass is 281 g/mol. The highest BCUT2D eigenvalue weighted by molar-refractivity contribution is 6.08. The molecule has 3 nitrogen and oxygen atoms in total. The summed E-state index contributed by atoms with van der Waals surface area (Å²) in [7, 11) is 1.63. The number of carbonyl (C=O) groups is 1. The maximum absolute atomic E-state index is 12.3. The van der Waals surface area contributed by atoms with Crippen LogP contribution in [0.15, 0.2) is 42.5 Å². The minimum atomic E-state index is -0.0184. The quantitative estimate of drug-likeness (QED) is 0.527. The zero-order valence-corrected chi connectivity index (χ0v) is 12.5. The van der Waals surface area contributed by atoms with E-state index in [0.29, 0.717) is 11.3 Å². The molecule has 21 heavy (non-hydrogen) atoms. The number of anilines is 1. The molecule has 2 N–H and O–H groups in total. The Labute approximate surface area is 125 Å². The van der Waals surface area contributed by atoms with Crippen LogP contribution >= 0.6 is 0 Å². The number of ketones is 1. The predicted octanol–water partition coefficient (Wildman–Crippen LogP) is 3.79. The molecule has 2 aromatic carbocycles. The fraction of sp³-hybridized carbons (Fsp3) is 0.167. The Kier molecular flexibility index (Phi) is 4.43. The molecule has 0 aromatic heterocycles. The van der Waals surface area contributed by atoms with Crippen LogP contribution in [0.2, 0.25) is 0 Å². The van der Waals surface area contributed by atoms with Gasteiger partial charge in [-0.2, -0.15) is 0 Å². The first-order chi connectivity index (χ1) is 10.0. The lowest BCUT2D eigenvalue weighted by molar-refractivity contribution is 0.104. The van der Waals surface area contributed by atoms with Gasteiger partial charge in [0.25, 0.3) is 0 Å². The molecule has 0 saturated carbocycles. The van der Waals surface area contributed by atoms with Gasteiger partial charge in [0.05, 0.1) is 7.11 Å². The molecular formula is C18H19NO2. The van der Waals surface area contributed by atoms with Crippen molar-refractivity contribution in [3.63, 3.8) is 0 Å². The van der Waals surface area contributed by atoms with E-state index in [4.69, 9.17) is 10.5 Å². The normalized spacial score (nSPS) is 10.8. The highest BCUT2D eigenvalue weighted by Crippen LogP contribution is 2.23. The van der Waals surface area contributed by atoms with E-state index in [-0.39, 0.29) is 5.78 Å². The van der Waals surface area contributed by atoms with Crippen LogP contribution in [0.25, 0.3) is 6.08 Å². The number of hydrogen-bond donors (Lipinski definition) is 1. The number of hydrogen-bond acceptors (Lipinski definition) is 3. The minimum absolute atomic E-state index is 0.0184. The Morgan fingerprint density at radius 1 is 1.10 bits per heavy atom. The van der Waals surface area contributed by atoms with Crippen molar-refractivity contribution in [1.29, 1.82) is 0 Å². The molecule has 0 atom stereocenters. The summed E-state index contributed by atoms with van der Waals surface area (Å²) in [5.74, 6) is 0.779. The molecule has 0 aliphatic carbocycles. The van der Waals surface area contributed by atoms with Crippen molar-refractivity contribution in [1.82, 2.24) is 0 Å². The molecule has 0 amide bonds. The molecule has 2 rings (SSSR count). The van der Waals surface area contributed by atoms with Crippen LogP contribution < -0.4 is 10.5 Å². The molecule has 0 aliphatic rings. The third-order valence-corrected chi connectivity index (χ3v) is 3.37. The van der Waals surface area contributed by atoms with Crippen molar-refractivity contribution in [3.8, 4) is 5.75 Å². The zero-order chi connectivity index (χ0) is 15.4. The van der Waals surface area contributed by atoms with Gasteiger partial charge < -0.3 is 10.5 Å². The maximum Gasteiger partial charge on any atom is 0.186 e. The maximum atomic E-state index is 12.3. The molecule has 0 unspecified atom stereocenters. The van der Waals surface area contributed by atoms with Crippen LogP contribution in [0.1, 0.15) is 27.0 Å². The molecule has 3 heteroatoms. The first kappa shape index (κ1) is 14.9. The smallest absolute Gasteiger partial charge is 0.186 e. The number of allylic oxidation sites excluding steroid dienone is 1. The van der Waals surface area contributed by atoms with Crippen molar-refractivity contribution >= 4 is 17.5 Å². The van der Waals surface area contributed by atoms with E-state index in [1.165, 1.54) is 0 Å². The highest BCUT2D eigenvalue weighted by Gasteiger charge is 2.09. The van der Waals surface area contributed by atoms with Gasteiger partial charge in [-0.05, 0) is 60.9 Å². The van der Waals surface area contributed by atoms with Gasteiger partial charge in [-0.3, -0.25) is 4.79 Å². The van der Waals surface area contributed by atoms with Crippen LogP contribution in [0.4, 0.5) is 5.69 Å². The van der Waals surface area contributed by atoms with Gasteiger partial charge in [0.2, 0.25) is 0 Å². The van der Waals surface area contributed by atoms with E-state index in [0.717, 1.165) is 22.4 Å². The largest absolute Gasteiger partial charge is 0.496 e. The number of nitrogen functional groups attached to an aromatic ring is 1. The van der Waals surface area contributed by atoms with Gasteiger partial charge >= 0.3 is 0 Å². The SMILES string of the molecule is COc1cc(C)c(C(=O)/C=C/c2ccc(N)cc2)cc1C. The standard InChI is InChI=1S/C18H19NO2/c1-12-11-18(21-3)13(2)10-16(12)17(20)9-6-14-4-7-15(19)8-5-14/h4-11H,19H2,1-3H3/b9-6+. The Morgan fingerprint density at radius 3 is 2.38 bits per heavy atom. The van der Waals surface area contributed by atoms with E-state index in [1.54, 1.807) is 19.3 Å². The van der Waals surface area contributed by atoms with E-state index in [1.807, 2.05) is 50.2 Å². The number of aryl methyl sites for hydroxylation is 2. The van der Waals surface area contributed by atoms with Gasteiger partial charge in [-0.15, -0.1) is 0 Å². The number of rotatable bonds is 4. The summed E-state index contributed by atoms with van der Waals surface area (Å²) >= 11 is 0. The van der Waals surface area contributed by atoms with Gasteiger partial charge in [-0.25, -0.2) is 0 Å². The molecule has 0 aliphatic heterocycles. The third-order valence-electron chi connectivity index (χ3n) is 3.37. The lowest BCUT2D eigenvalue weighted by Gasteiger charge is -2.09. The zero-order valence-electron chi connectivity index (χ0n) is 12.5. The van der Waals surface area contributed by atoms with E-state index in [2.05, 4.69) is 0 Å². The van der Waals surface area contributed by atoms with Gasteiger partial charge in [0.1, 0.15) is 5.75 Å². The van der Waals surface area contributed by atoms with Crippen molar-refractivity contribution in [3.05, 3.63) is 64.7 Å². The van der Waals surface area contributed by atoms with E-state index >= 15 is 0 Å². The third kappa shape index (κ3) is 3.51. The van der Waals surface area contributed by atoms with Gasteiger partial charge in [0.15, 0.2) is 5.78 Å². The predicted molar refractivity (Wildman–Crippen MR) is 86.7 cm³/mol. The molecular weight excluding hydrogens is 262 g/mol. The molecule has 0 radical (unpaired) electrons. The summed E-state index contributed by atoms with van der Waals surface area (Å²) in [6, 6.07) is 11.1. The van der Waals surface area contributed by atoms with Gasteiger partial charge in [-0.1, -0.05) is 18.2 Å². The van der Waals surface area contributed by atoms with Crippen molar-refractivity contribution < 1.29 is 9.53 Å². The fourth-order valence-corrected chi connectivity index (χ4v) is 2.14. The summed E-state index contributed by atoms with van der Waals surface area (Å²) in [4.78, 5) is 12.3. The van der Waals surface area contributed by atoms with Crippen molar-refractivity contribution in [2.45, 2.75) is 13.8 Å². The number of carbonyl (C=O) groups excluding carboxylic acids is 1. The summed E-state index contributed by atoms with van der Waals surface area (Å²) < 4.78 is 5.26. The lowest BCUT2D eigenvalue weighted by Crippen LogP contribution is -2.00. The Balaban J connectivity index is 2.24. The van der Waals surface area contributed by atoms with Crippen molar-refractivity contribution in [2.24, 2.45) is 0 Å². The van der Waals surface area contributed by atoms with Crippen LogP contribution in [0.3, 0.4) is 0 Å². The average molecular weight is 281 g/mol. The minimum Gasteiger partial charge on any atom is -0.496 e. The Morgan fingerprint density at radius 2 is 1.76 bits per heavy atom. The summed E-state index contributed by atoms with van der Waals surface area (Å²) in [5, 5.41) is 0. The second kappa shape index (κ2) is 6.27. The van der Waals surface area contributed by atoms with Crippen LogP contribution in [0, 0.1) is 13.8 Å². The lowest BCUT2D eigenvalue weighted by atomic mass is 10.0. The van der Waals surface area contributed by atoms with E-state index < -0.39 is 0 Å². The summed E-state index contributed by atoms with van der Waals surface area (Å²) in [6.45, 7) is 3.84. The molecule has 0 heterocycles. The van der Waals surface area contributed by atoms with Crippen LogP contribution in [0.5, 0.6) is 5.75 Å². The highest BCUT2D eigenvalue weighted by atomic mass is 16.5. The molecule has 0 bridgehead atoms. The second-order valence-electron chi connectivity index (χ2n) is 5.00.